The van der Waals surface area contributed by atoms with Gasteiger partial charge in [0.1, 0.15) is 0 Å². The fraction of sp³-hybridized carbons (Fsp3) is 0.538. The second-order valence-corrected chi connectivity index (χ2v) is 6.51. The zero-order valence-corrected chi connectivity index (χ0v) is 12.0. The monoisotopic (exact) mass is 257 g/mol. The van der Waals surface area contributed by atoms with Crippen LogP contribution in [-0.4, -0.2) is 18.8 Å². The minimum atomic E-state index is 0.278. The lowest BCUT2D eigenvalue weighted by Gasteiger charge is -2.30. The minimum absolute atomic E-state index is 0.278. The van der Waals surface area contributed by atoms with E-state index in [2.05, 4.69) is 32.2 Å². The van der Waals surface area contributed by atoms with Crippen molar-refractivity contribution in [1.29, 1.82) is 0 Å². The smallest absolute Gasteiger partial charge is 0.0417 e. The Morgan fingerprint density at radius 3 is 2.56 bits per heavy atom. The van der Waals surface area contributed by atoms with Gasteiger partial charge in [0.05, 0.1) is 0 Å². The van der Waals surface area contributed by atoms with Gasteiger partial charge in [-0.15, -0.1) is 11.8 Å². The average molecular weight is 258 g/mol. The van der Waals surface area contributed by atoms with Crippen LogP contribution in [0.3, 0.4) is 0 Å². The number of rotatable bonds is 4. The van der Waals surface area contributed by atoms with Gasteiger partial charge in [-0.05, 0) is 30.7 Å². The van der Waals surface area contributed by atoms with E-state index in [1.165, 1.54) is 4.90 Å². The van der Waals surface area contributed by atoms with Crippen LogP contribution in [0.4, 0.5) is 0 Å². The molecule has 1 aromatic carbocycles. The predicted molar refractivity (Wildman–Crippen MR) is 74.5 cm³/mol. The number of halogens is 1. The Balaban J connectivity index is 2.56. The Kier molecular flexibility index (Phi) is 5.16. The Labute approximate surface area is 108 Å². The van der Waals surface area contributed by atoms with Gasteiger partial charge in [0.2, 0.25) is 0 Å². The average Bonchev–Trinajstić information content (AvgIpc) is 2.16. The van der Waals surface area contributed by atoms with Crippen molar-refractivity contribution in [3.8, 4) is 0 Å². The molecule has 1 atom stereocenters. The summed E-state index contributed by atoms with van der Waals surface area (Å²) in [5, 5.41) is 4.18. The SMILES string of the molecule is CNC(CSc1cccc(Cl)c1)C(C)(C)C. The van der Waals surface area contributed by atoms with Gasteiger partial charge in [-0.2, -0.15) is 0 Å². The molecule has 0 aliphatic heterocycles. The molecule has 0 spiro atoms. The second-order valence-electron chi connectivity index (χ2n) is 4.98. The molecule has 1 nitrogen and oxygen atoms in total. The van der Waals surface area contributed by atoms with Gasteiger partial charge >= 0.3 is 0 Å². The van der Waals surface area contributed by atoms with Crippen LogP contribution in [0.25, 0.3) is 0 Å². The van der Waals surface area contributed by atoms with Gasteiger partial charge in [0, 0.05) is 21.7 Å². The van der Waals surface area contributed by atoms with Gasteiger partial charge in [-0.1, -0.05) is 38.4 Å². The molecule has 0 radical (unpaired) electrons. The fourth-order valence-electron chi connectivity index (χ4n) is 1.50. The quantitative estimate of drug-likeness (QED) is 0.817. The lowest BCUT2D eigenvalue weighted by molar-refractivity contribution is 0.305. The Morgan fingerprint density at radius 2 is 2.06 bits per heavy atom. The van der Waals surface area contributed by atoms with Crippen LogP contribution in [0.1, 0.15) is 20.8 Å². The summed E-state index contributed by atoms with van der Waals surface area (Å²) in [6.45, 7) is 6.77. The zero-order valence-electron chi connectivity index (χ0n) is 10.4. The number of nitrogens with one attached hydrogen (secondary N) is 1. The van der Waals surface area contributed by atoms with E-state index in [0.717, 1.165) is 10.8 Å². The number of thioether (sulfide) groups is 1. The Bertz CT molecular complexity index is 333. The van der Waals surface area contributed by atoms with E-state index in [1.54, 1.807) is 0 Å². The van der Waals surface area contributed by atoms with E-state index in [1.807, 2.05) is 37.0 Å². The molecule has 0 amide bonds. The summed E-state index contributed by atoms with van der Waals surface area (Å²) in [4.78, 5) is 1.23. The number of hydrogen-bond donors (Lipinski definition) is 1. The Morgan fingerprint density at radius 1 is 1.38 bits per heavy atom. The summed E-state index contributed by atoms with van der Waals surface area (Å²) < 4.78 is 0. The maximum Gasteiger partial charge on any atom is 0.0417 e. The van der Waals surface area contributed by atoms with Crippen molar-refractivity contribution in [2.24, 2.45) is 5.41 Å². The van der Waals surface area contributed by atoms with Gasteiger partial charge in [-0.25, -0.2) is 0 Å². The molecule has 0 aliphatic rings. The van der Waals surface area contributed by atoms with Crippen molar-refractivity contribution in [2.45, 2.75) is 31.7 Å². The fourth-order valence-corrected chi connectivity index (χ4v) is 3.17. The molecule has 1 unspecified atom stereocenters. The highest BCUT2D eigenvalue weighted by Gasteiger charge is 2.22. The maximum atomic E-state index is 5.95. The largest absolute Gasteiger partial charge is 0.316 e. The van der Waals surface area contributed by atoms with Crippen molar-refractivity contribution in [2.75, 3.05) is 12.8 Å². The van der Waals surface area contributed by atoms with Crippen LogP contribution in [0.5, 0.6) is 0 Å². The normalized spacial score (nSPS) is 13.8. The van der Waals surface area contributed by atoms with Crippen LogP contribution in [0.2, 0.25) is 5.02 Å². The molecule has 1 rings (SSSR count). The van der Waals surface area contributed by atoms with E-state index >= 15 is 0 Å². The number of hydrogen-bond acceptors (Lipinski definition) is 2. The lowest BCUT2D eigenvalue weighted by atomic mass is 9.88. The van der Waals surface area contributed by atoms with Crippen LogP contribution >= 0.6 is 23.4 Å². The summed E-state index contributed by atoms with van der Waals surface area (Å²) >= 11 is 7.80. The molecule has 16 heavy (non-hydrogen) atoms. The number of benzene rings is 1. The van der Waals surface area contributed by atoms with Crippen molar-refractivity contribution in [3.63, 3.8) is 0 Å². The minimum Gasteiger partial charge on any atom is -0.316 e. The predicted octanol–water partition coefficient (Wildman–Crippen LogP) is 4.07. The summed E-state index contributed by atoms with van der Waals surface area (Å²) in [7, 11) is 2.02. The maximum absolute atomic E-state index is 5.95. The van der Waals surface area contributed by atoms with Gasteiger partial charge in [0.25, 0.3) is 0 Å². The molecule has 0 bridgehead atoms. The third-order valence-electron chi connectivity index (χ3n) is 2.61. The summed E-state index contributed by atoms with van der Waals surface area (Å²) in [5.41, 5.74) is 0.278. The second kappa shape index (κ2) is 5.95. The standard InChI is InChI=1S/C13H20ClNS/c1-13(2,3)12(15-4)9-16-11-7-5-6-10(14)8-11/h5-8,12,15H,9H2,1-4H3. The molecule has 90 valence electrons. The van der Waals surface area contributed by atoms with Gasteiger partial charge < -0.3 is 5.32 Å². The molecule has 0 aliphatic carbocycles. The first-order valence-corrected chi connectivity index (χ1v) is 6.85. The Hall–Kier alpha value is -0.180. The zero-order chi connectivity index (χ0) is 12.2. The van der Waals surface area contributed by atoms with Crippen LogP contribution in [0, 0.1) is 5.41 Å². The highest BCUT2D eigenvalue weighted by atomic mass is 35.5. The molecule has 0 heterocycles. The molecule has 1 aromatic rings. The first kappa shape index (κ1) is 13.9. The lowest BCUT2D eigenvalue weighted by Crippen LogP contribution is -2.40. The third kappa shape index (κ3) is 4.36. The van der Waals surface area contributed by atoms with Gasteiger partial charge in [-0.3, -0.25) is 0 Å². The van der Waals surface area contributed by atoms with E-state index < -0.39 is 0 Å². The van der Waals surface area contributed by atoms with E-state index in [-0.39, 0.29) is 5.41 Å². The van der Waals surface area contributed by atoms with Crippen LogP contribution in [0.15, 0.2) is 29.2 Å². The highest BCUT2D eigenvalue weighted by molar-refractivity contribution is 7.99. The topological polar surface area (TPSA) is 12.0 Å². The van der Waals surface area contributed by atoms with Crippen molar-refractivity contribution >= 4 is 23.4 Å². The van der Waals surface area contributed by atoms with Crippen molar-refractivity contribution in [3.05, 3.63) is 29.3 Å². The molecule has 0 fully saturated rings. The molecule has 3 heteroatoms. The van der Waals surface area contributed by atoms with Crippen LogP contribution in [-0.2, 0) is 0 Å². The van der Waals surface area contributed by atoms with Crippen molar-refractivity contribution < 1.29 is 0 Å². The van der Waals surface area contributed by atoms with E-state index in [9.17, 15) is 0 Å². The summed E-state index contributed by atoms with van der Waals surface area (Å²) in [6.07, 6.45) is 0. The first-order valence-electron chi connectivity index (χ1n) is 5.49. The first-order chi connectivity index (χ1) is 7.43. The molecule has 0 saturated heterocycles. The van der Waals surface area contributed by atoms with E-state index in [0.29, 0.717) is 6.04 Å². The van der Waals surface area contributed by atoms with Crippen molar-refractivity contribution in [1.82, 2.24) is 5.32 Å². The van der Waals surface area contributed by atoms with Crippen LogP contribution < -0.4 is 5.32 Å². The molecule has 1 N–H and O–H groups in total. The molecule has 0 saturated carbocycles. The third-order valence-corrected chi connectivity index (χ3v) is 3.93. The molecular formula is C13H20ClNS. The van der Waals surface area contributed by atoms with Gasteiger partial charge in [0.15, 0.2) is 0 Å². The van der Waals surface area contributed by atoms with E-state index in [4.69, 9.17) is 11.6 Å². The molecule has 0 aromatic heterocycles. The summed E-state index contributed by atoms with van der Waals surface area (Å²) in [5.74, 6) is 1.06. The summed E-state index contributed by atoms with van der Waals surface area (Å²) in [6, 6.07) is 8.52. The molecular weight excluding hydrogens is 238 g/mol. The highest BCUT2D eigenvalue weighted by Crippen LogP contribution is 2.27.